The van der Waals surface area contributed by atoms with E-state index in [4.69, 9.17) is 0 Å². The Bertz CT molecular complexity index is 385. The molecule has 0 heterocycles. The number of hydrogen-bond donors (Lipinski definition) is 3. The van der Waals surface area contributed by atoms with Crippen molar-refractivity contribution in [2.45, 2.75) is 20.8 Å². The van der Waals surface area contributed by atoms with Crippen molar-refractivity contribution in [3.05, 3.63) is 17.2 Å². The molecule has 1 amide bonds. The normalized spacial score (nSPS) is 9.93. The smallest absolute Gasteiger partial charge is 0.221 e. The Hall–Kier alpha value is -1.71. The fourth-order valence-electron chi connectivity index (χ4n) is 1.20. The molecule has 0 atom stereocenters. The Balaban J connectivity index is 3.25. The lowest BCUT2D eigenvalue weighted by Crippen LogP contribution is -2.07. The first-order valence-electron chi connectivity index (χ1n) is 4.23. The van der Waals surface area contributed by atoms with Crippen LogP contribution >= 0.6 is 0 Å². The second kappa shape index (κ2) is 3.57. The van der Waals surface area contributed by atoms with Crippen molar-refractivity contribution in [1.82, 2.24) is 0 Å². The minimum absolute atomic E-state index is 0.142. The summed E-state index contributed by atoms with van der Waals surface area (Å²) in [6, 6.07) is 1.62. The number of aryl methyl sites for hydroxylation is 1. The zero-order chi connectivity index (χ0) is 10.9. The van der Waals surface area contributed by atoms with Crippen molar-refractivity contribution < 1.29 is 15.0 Å². The molecule has 1 aromatic carbocycles. The summed E-state index contributed by atoms with van der Waals surface area (Å²) in [4.78, 5) is 10.8. The molecule has 4 nitrogen and oxygen atoms in total. The highest BCUT2D eigenvalue weighted by Gasteiger charge is 2.11. The summed E-state index contributed by atoms with van der Waals surface area (Å²) in [5, 5.41) is 21.4. The number of aromatic hydroxyl groups is 2. The number of nitrogens with one attached hydrogen (secondary N) is 1. The highest BCUT2D eigenvalue weighted by Crippen LogP contribution is 2.36. The van der Waals surface area contributed by atoms with Gasteiger partial charge in [0.2, 0.25) is 5.91 Å². The quantitative estimate of drug-likeness (QED) is 0.471. The summed E-state index contributed by atoms with van der Waals surface area (Å²) in [7, 11) is 0. The molecule has 14 heavy (non-hydrogen) atoms. The summed E-state index contributed by atoms with van der Waals surface area (Å²) in [6.45, 7) is 4.66. The number of carbonyl (C=O) groups excluding carboxylic acids is 1. The van der Waals surface area contributed by atoms with E-state index >= 15 is 0 Å². The van der Waals surface area contributed by atoms with Gasteiger partial charge in [-0.3, -0.25) is 4.79 Å². The molecule has 1 aromatic rings. The van der Waals surface area contributed by atoms with E-state index in [1.807, 2.05) is 0 Å². The lowest BCUT2D eigenvalue weighted by molar-refractivity contribution is -0.114. The predicted molar refractivity (Wildman–Crippen MR) is 53.5 cm³/mol. The van der Waals surface area contributed by atoms with Crippen LogP contribution in [0.25, 0.3) is 0 Å². The molecule has 0 aliphatic heterocycles. The molecule has 3 N–H and O–H groups in total. The van der Waals surface area contributed by atoms with Crippen LogP contribution in [0.2, 0.25) is 0 Å². The number of anilines is 1. The Kier molecular flexibility index (Phi) is 2.65. The number of phenols is 2. The summed E-state index contributed by atoms with van der Waals surface area (Å²) in [5.74, 6) is -0.539. The lowest BCUT2D eigenvalue weighted by Gasteiger charge is -2.11. The van der Waals surface area contributed by atoms with Crippen molar-refractivity contribution in [2.75, 3.05) is 5.32 Å². The molecule has 4 heteroatoms. The second-order valence-electron chi connectivity index (χ2n) is 3.24. The summed E-state index contributed by atoms with van der Waals surface area (Å²) >= 11 is 0. The average molecular weight is 195 g/mol. The van der Waals surface area contributed by atoms with Crippen LogP contribution in [0.4, 0.5) is 5.69 Å². The average Bonchev–Trinajstić information content (AvgIpc) is 2.10. The molecule has 0 aliphatic carbocycles. The molecule has 76 valence electrons. The molecule has 0 spiro atoms. The largest absolute Gasteiger partial charge is 0.504 e. The van der Waals surface area contributed by atoms with Gasteiger partial charge in [-0.15, -0.1) is 0 Å². The number of hydrogen-bond acceptors (Lipinski definition) is 3. The highest BCUT2D eigenvalue weighted by molar-refractivity contribution is 5.90. The van der Waals surface area contributed by atoms with Crippen LogP contribution in [0.15, 0.2) is 6.07 Å². The van der Waals surface area contributed by atoms with E-state index in [1.165, 1.54) is 6.92 Å². The number of carbonyl (C=O) groups is 1. The number of phenolic OH excluding ortho intramolecular Hbond substituents is 2. The Morgan fingerprint density at radius 1 is 1.29 bits per heavy atom. The van der Waals surface area contributed by atoms with Crippen molar-refractivity contribution in [3.8, 4) is 11.5 Å². The van der Waals surface area contributed by atoms with Gasteiger partial charge in [0.1, 0.15) is 0 Å². The maximum Gasteiger partial charge on any atom is 0.221 e. The Labute approximate surface area is 82.2 Å². The van der Waals surface area contributed by atoms with E-state index in [9.17, 15) is 15.0 Å². The zero-order valence-corrected chi connectivity index (χ0v) is 8.38. The van der Waals surface area contributed by atoms with E-state index in [-0.39, 0.29) is 17.4 Å². The number of rotatable bonds is 1. The van der Waals surface area contributed by atoms with Crippen LogP contribution in [0.5, 0.6) is 11.5 Å². The Morgan fingerprint density at radius 3 is 2.36 bits per heavy atom. The third-order valence-electron chi connectivity index (χ3n) is 2.03. The molecule has 0 saturated carbocycles. The van der Waals surface area contributed by atoms with Crippen LogP contribution in [-0.4, -0.2) is 16.1 Å². The van der Waals surface area contributed by atoms with Crippen LogP contribution in [-0.2, 0) is 4.79 Å². The van der Waals surface area contributed by atoms with Gasteiger partial charge in [-0.25, -0.2) is 0 Å². The van der Waals surface area contributed by atoms with Crippen LogP contribution in [0, 0.1) is 13.8 Å². The molecular formula is C10H13NO3. The Morgan fingerprint density at radius 2 is 1.86 bits per heavy atom. The topological polar surface area (TPSA) is 69.6 Å². The van der Waals surface area contributed by atoms with Crippen LogP contribution < -0.4 is 5.32 Å². The molecule has 0 fully saturated rings. The van der Waals surface area contributed by atoms with Gasteiger partial charge in [-0.2, -0.15) is 0 Å². The van der Waals surface area contributed by atoms with Gasteiger partial charge in [-0.05, 0) is 25.5 Å². The first kappa shape index (κ1) is 10.4. The molecule has 0 unspecified atom stereocenters. The van der Waals surface area contributed by atoms with Crippen molar-refractivity contribution in [1.29, 1.82) is 0 Å². The second-order valence-corrected chi connectivity index (χ2v) is 3.24. The molecule has 0 saturated heterocycles. The number of benzene rings is 1. The number of amides is 1. The first-order valence-corrected chi connectivity index (χ1v) is 4.23. The fourth-order valence-corrected chi connectivity index (χ4v) is 1.20. The van der Waals surface area contributed by atoms with Crippen molar-refractivity contribution in [3.63, 3.8) is 0 Å². The van der Waals surface area contributed by atoms with Gasteiger partial charge in [0, 0.05) is 18.2 Å². The molecule has 0 aliphatic rings. The summed E-state index contributed by atoms with van der Waals surface area (Å²) in [5.41, 5.74) is 1.51. The van der Waals surface area contributed by atoms with Crippen LogP contribution in [0.3, 0.4) is 0 Å². The van der Waals surface area contributed by atoms with Gasteiger partial charge >= 0.3 is 0 Å². The maximum absolute atomic E-state index is 10.8. The molecular weight excluding hydrogens is 182 g/mol. The molecule has 0 bridgehead atoms. The van der Waals surface area contributed by atoms with Crippen molar-refractivity contribution >= 4 is 11.6 Å². The predicted octanol–water partition coefficient (Wildman–Crippen LogP) is 1.67. The minimum Gasteiger partial charge on any atom is -0.504 e. The third kappa shape index (κ3) is 1.79. The molecule has 0 aromatic heterocycles. The van der Waals surface area contributed by atoms with E-state index in [0.29, 0.717) is 16.8 Å². The maximum atomic E-state index is 10.8. The van der Waals surface area contributed by atoms with Crippen molar-refractivity contribution in [2.24, 2.45) is 0 Å². The van der Waals surface area contributed by atoms with Crippen LogP contribution in [0.1, 0.15) is 18.1 Å². The van der Waals surface area contributed by atoms with Gasteiger partial charge in [0.05, 0.1) is 0 Å². The van der Waals surface area contributed by atoms with E-state index < -0.39 is 0 Å². The van der Waals surface area contributed by atoms with E-state index in [2.05, 4.69) is 5.32 Å². The summed E-state index contributed by atoms with van der Waals surface area (Å²) in [6.07, 6.45) is 0. The zero-order valence-electron chi connectivity index (χ0n) is 8.38. The fraction of sp³-hybridized carbons (Fsp3) is 0.300. The SMILES string of the molecule is CC(=O)Nc1cc(C)c(O)c(O)c1C. The molecule has 1 rings (SSSR count). The minimum atomic E-state index is -0.211. The van der Waals surface area contributed by atoms with E-state index in [1.54, 1.807) is 19.9 Å². The van der Waals surface area contributed by atoms with Gasteiger partial charge in [0.25, 0.3) is 0 Å². The summed E-state index contributed by atoms with van der Waals surface area (Å²) < 4.78 is 0. The standard InChI is InChI=1S/C10H13NO3/c1-5-4-8(11-7(3)12)6(2)10(14)9(5)13/h4,13-14H,1-3H3,(H,11,12). The third-order valence-corrected chi connectivity index (χ3v) is 2.03. The highest BCUT2D eigenvalue weighted by atomic mass is 16.3. The lowest BCUT2D eigenvalue weighted by atomic mass is 10.1. The van der Waals surface area contributed by atoms with Gasteiger partial charge < -0.3 is 15.5 Å². The molecule has 0 radical (unpaired) electrons. The van der Waals surface area contributed by atoms with Gasteiger partial charge in [0.15, 0.2) is 11.5 Å². The van der Waals surface area contributed by atoms with E-state index in [0.717, 1.165) is 0 Å². The van der Waals surface area contributed by atoms with Gasteiger partial charge in [-0.1, -0.05) is 0 Å². The first-order chi connectivity index (χ1) is 6.43. The monoisotopic (exact) mass is 195 g/mol.